The van der Waals surface area contributed by atoms with Crippen LogP contribution in [0.4, 0.5) is 27.7 Å². The fourth-order valence-electron chi connectivity index (χ4n) is 4.64. The second-order valence-electron chi connectivity index (χ2n) is 10.7. The van der Waals surface area contributed by atoms with Gasteiger partial charge in [-0.3, -0.25) is 10.9 Å². The van der Waals surface area contributed by atoms with Crippen LogP contribution in [0.2, 0.25) is 0 Å². The minimum Gasteiger partial charge on any atom is -0.324 e. The minimum atomic E-state index is -3.61. The van der Waals surface area contributed by atoms with Crippen LogP contribution in [0.1, 0.15) is 25.0 Å². The number of halogens is 1. The Balaban J connectivity index is 1.58. The number of nitrogens with one attached hydrogen (secondary N) is 5. The minimum absolute atomic E-state index is 0.107. The maximum absolute atomic E-state index is 14.6. The molecule has 0 fully saturated rings. The van der Waals surface area contributed by atoms with Gasteiger partial charge in [-0.25, -0.2) is 30.7 Å². The van der Waals surface area contributed by atoms with Crippen LogP contribution in [0.5, 0.6) is 0 Å². The molecule has 0 saturated carbocycles. The highest BCUT2D eigenvalue weighted by molar-refractivity contribution is 7.89. The highest BCUT2D eigenvalue weighted by Crippen LogP contribution is 2.35. The van der Waals surface area contributed by atoms with E-state index < -0.39 is 25.9 Å². The van der Waals surface area contributed by atoms with E-state index in [0.29, 0.717) is 39.4 Å². The molecule has 0 aliphatic carbocycles. The summed E-state index contributed by atoms with van der Waals surface area (Å²) in [4.78, 5) is 9.58. The van der Waals surface area contributed by atoms with Gasteiger partial charge < -0.3 is 5.32 Å². The quantitative estimate of drug-likeness (QED) is 0.0776. The third-order valence-corrected chi connectivity index (χ3v) is 10.3. The Bertz CT molecular complexity index is 2150. The number of benzene rings is 4. The predicted molar refractivity (Wildman–Crippen MR) is 194 cm³/mol. The summed E-state index contributed by atoms with van der Waals surface area (Å²) in [6.07, 6.45) is 0. The van der Waals surface area contributed by atoms with Gasteiger partial charge in [-0.2, -0.15) is 20.2 Å². The van der Waals surface area contributed by atoms with Gasteiger partial charge in [0.2, 0.25) is 26.0 Å². The van der Waals surface area contributed by atoms with Gasteiger partial charge in [-0.05, 0) is 93.2 Å². The number of aromatic nitrogens is 2. The van der Waals surface area contributed by atoms with Crippen molar-refractivity contribution in [2.75, 3.05) is 30.3 Å². The maximum Gasteiger partial charge on any atom is 0.240 e. The first-order valence-electron chi connectivity index (χ1n) is 15.1. The summed E-state index contributed by atoms with van der Waals surface area (Å²) in [5.41, 5.74) is 9.75. The van der Waals surface area contributed by atoms with Crippen LogP contribution in [-0.4, -0.2) is 52.3 Å². The SMILES string of the molecule is CNS(=O)(=O)c1ccc(C(C)=NNc2nc(Nc3ccccc3)nc(NN=C(C)c3ccc(S(=O)(=O)NC)cc3)c2-c2cccc(F)c2)cc1. The standard InChI is InChI=1S/C34H34FN9O4S2/c1-22(24-13-17-29(18-14-24)49(45,46)36-3)41-43-32-31(26-9-8-10-27(35)21-26)33(40-34(39-32)38-28-11-6-5-7-12-28)44-42-23(2)25-15-19-30(20-16-25)50(47,48)37-4/h5-21,36-37H,1-4H3,(H3,38,39,40,43,44). The summed E-state index contributed by atoms with van der Waals surface area (Å²) in [7, 11) is -4.55. The van der Waals surface area contributed by atoms with Crippen molar-refractivity contribution in [3.8, 4) is 11.1 Å². The topological polar surface area (TPSA) is 179 Å². The smallest absolute Gasteiger partial charge is 0.240 e. The van der Waals surface area contributed by atoms with Gasteiger partial charge >= 0.3 is 0 Å². The first kappa shape index (κ1) is 35.7. The molecule has 0 bridgehead atoms. The molecule has 50 heavy (non-hydrogen) atoms. The number of hydrogen-bond donors (Lipinski definition) is 5. The van der Waals surface area contributed by atoms with Crippen molar-refractivity contribution in [3.63, 3.8) is 0 Å². The van der Waals surface area contributed by atoms with E-state index in [4.69, 9.17) is 0 Å². The molecule has 5 rings (SSSR count). The van der Waals surface area contributed by atoms with Gasteiger partial charge in [0, 0.05) is 5.69 Å². The summed E-state index contributed by atoms with van der Waals surface area (Å²) in [5.74, 6) is 0.0910. The average Bonchev–Trinajstić information content (AvgIpc) is 3.13. The summed E-state index contributed by atoms with van der Waals surface area (Å²) >= 11 is 0. The molecular weight excluding hydrogens is 682 g/mol. The molecule has 0 radical (unpaired) electrons. The van der Waals surface area contributed by atoms with Crippen LogP contribution in [0.15, 0.2) is 123 Å². The molecule has 258 valence electrons. The predicted octanol–water partition coefficient (Wildman–Crippen LogP) is 5.51. The van der Waals surface area contributed by atoms with Gasteiger partial charge in [0.25, 0.3) is 0 Å². The number of sulfonamides is 2. The Kier molecular flexibility index (Phi) is 11.0. The van der Waals surface area contributed by atoms with Crippen molar-refractivity contribution in [1.82, 2.24) is 19.4 Å². The van der Waals surface area contributed by atoms with Crippen LogP contribution in [-0.2, 0) is 20.0 Å². The molecule has 4 aromatic carbocycles. The van der Waals surface area contributed by atoms with E-state index in [2.05, 4.69) is 45.8 Å². The molecule has 0 atom stereocenters. The Labute approximate surface area is 289 Å². The molecule has 0 spiro atoms. The van der Waals surface area contributed by atoms with Gasteiger partial charge in [-0.15, -0.1) is 0 Å². The molecule has 0 unspecified atom stereocenters. The van der Waals surface area contributed by atoms with Gasteiger partial charge in [0.05, 0.1) is 26.8 Å². The lowest BCUT2D eigenvalue weighted by Gasteiger charge is -2.16. The fraction of sp³-hybridized carbons (Fsp3) is 0.118. The molecule has 5 aromatic rings. The maximum atomic E-state index is 14.6. The van der Waals surface area contributed by atoms with E-state index >= 15 is 0 Å². The number of anilines is 4. The van der Waals surface area contributed by atoms with Crippen LogP contribution >= 0.6 is 0 Å². The lowest BCUT2D eigenvalue weighted by atomic mass is 10.1. The summed E-state index contributed by atoms with van der Waals surface area (Å²) in [6, 6.07) is 27.6. The second kappa shape index (κ2) is 15.3. The van der Waals surface area contributed by atoms with E-state index in [1.807, 2.05) is 30.3 Å². The zero-order valence-electron chi connectivity index (χ0n) is 27.4. The molecule has 0 aliphatic heterocycles. The molecule has 0 amide bonds. The van der Waals surface area contributed by atoms with E-state index in [1.54, 1.807) is 50.2 Å². The molecule has 13 nitrogen and oxygen atoms in total. The van der Waals surface area contributed by atoms with Crippen molar-refractivity contribution in [2.24, 2.45) is 10.2 Å². The average molecular weight is 716 g/mol. The zero-order valence-corrected chi connectivity index (χ0v) is 29.1. The molecule has 1 heterocycles. The molecule has 16 heteroatoms. The van der Waals surface area contributed by atoms with Crippen molar-refractivity contribution >= 4 is 54.7 Å². The van der Waals surface area contributed by atoms with E-state index in [0.717, 1.165) is 0 Å². The Hall–Kier alpha value is -5.55. The normalized spacial score (nSPS) is 12.4. The number of para-hydroxylation sites is 1. The largest absolute Gasteiger partial charge is 0.324 e. The van der Waals surface area contributed by atoms with Crippen molar-refractivity contribution in [1.29, 1.82) is 0 Å². The lowest BCUT2D eigenvalue weighted by molar-refractivity contribution is 0.586. The highest BCUT2D eigenvalue weighted by Gasteiger charge is 2.19. The number of hydrogen-bond acceptors (Lipinski definition) is 11. The van der Waals surface area contributed by atoms with Gasteiger partial charge in [-0.1, -0.05) is 54.6 Å². The second-order valence-corrected chi connectivity index (χ2v) is 14.5. The van der Waals surface area contributed by atoms with E-state index in [1.165, 1.54) is 50.5 Å². The summed E-state index contributed by atoms with van der Waals surface area (Å²) in [6.45, 7) is 3.47. The first-order valence-corrected chi connectivity index (χ1v) is 18.1. The molecular formula is C34H34FN9O4S2. The lowest BCUT2D eigenvalue weighted by Crippen LogP contribution is -2.18. The van der Waals surface area contributed by atoms with E-state index in [-0.39, 0.29) is 27.4 Å². The first-order chi connectivity index (χ1) is 23.9. The van der Waals surface area contributed by atoms with Crippen molar-refractivity contribution in [3.05, 3.63) is 120 Å². The molecule has 0 saturated heterocycles. The van der Waals surface area contributed by atoms with Gasteiger partial charge in [0.15, 0.2) is 11.6 Å². The van der Waals surface area contributed by atoms with Crippen LogP contribution in [0.3, 0.4) is 0 Å². The number of nitrogens with zero attached hydrogens (tertiary/aromatic N) is 4. The Morgan fingerprint density at radius 2 is 1.12 bits per heavy atom. The van der Waals surface area contributed by atoms with Gasteiger partial charge in [0.1, 0.15) is 5.82 Å². The number of rotatable bonds is 13. The monoisotopic (exact) mass is 715 g/mol. The third-order valence-electron chi connectivity index (χ3n) is 7.41. The zero-order chi connectivity index (χ0) is 35.9. The molecule has 0 aliphatic rings. The Morgan fingerprint density at radius 1 is 0.640 bits per heavy atom. The summed E-state index contributed by atoms with van der Waals surface area (Å²) < 4.78 is 67.9. The van der Waals surface area contributed by atoms with Crippen molar-refractivity contribution in [2.45, 2.75) is 23.6 Å². The Morgan fingerprint density at radius 3 is 1.56 bits per heavy atom. The van der Waals surface area contributed by atoms with Crippen molar-refractivity contribution < 1.29 is 21.2 Å². The van der Waals surface area contributed by atoms with Crippen LogP contribution in [0, 0.1) is 5.82 Å². The third kappa shape index (κ3) is 8.53. The number of hydrazone groups is 2. The van der Waals surface area contributed by atoms with Crippen LogP contribution in [0.25, 0.3) is 11.1 Å². The molecule has 1 aromatic heterocycles. The fourth-order valence-corrected chi connectivity index (χ4v) is 6.10. The highest BCUT2D eigenvalue weighted by atomic mass is 32.2. The molecule has 5 N–H and O–H groups in total. The summed E-state index contributed by atoms with van der Waals surface area (Å²) in [5, 5.41) is 12.2. The van der Waals surface area contributed by atoms with E-state index in [9.17, 15) is 21.2 Å². The van der Waals surface area contributed by atoms with Crippen LogP contribution < -0.4 is 25.6 Å².